The molecule has 1 heterocycles. The van der Waals surface area contributed by atoms with E-state index in [1.54, 1.807) is 12.2 Å². The molecule has 1 saturated heterocycles. The number of esters is 3. The van der Waals surface area contributed by atoms with E-state index in [4.69, 9.17) is 14.2 Å². The first-order valence-corrected chi connectivity index (χ1v) is 9.77. The summed E-state index contributed by atoms with van der Waals surface area (Å²) in [6.07, 6.45) is 4.27. The molecule has 1 aliphatic heterocycles. The number of rotatable bonds is 6. The van der Waals surface area contributed by atoms with E-state index in [-0.39, 0.29) is 30.9 Å². The van der Waals surface area contributed by atoms with Crippen LogP contribution in [0.3, 0.4) is 0 Å². The van der Waals surface area contributed by atoms with Gasteiger partial charge in [-0.25, -0.2) is 4.79 Å². The molecule has 0 aromatic carbocycles. The van der Waals surface area contributed by atoms with Crippen LogP contribution in [-0.4, -0.2) is 43.0 Å². The molecule has 0 aromatic heterocycles. The Morgan fingerprint density at radius 1 is 1.38 bits per heavy atom. The van der Waals surface area contributed by atoms with Crippen LogP contribution in [0.4, 0.5) is 0 Å². The molecule has 158 valence electrons. The first kappa shape index (κ1) is 22.6. The summed E-state index contributed by atoms with van der Waals surface area (Å²) in [7, 11) is 0. The van der Waals surface area contributed by atoms with Gasteiger partial charge in [0.25, 0.3) is 0 Å². The summed E-state index contributed by atoms with van der Waals surface area (Å²) in [6, 6.07) is 0. The van der Waals surface area contributed by atoms with E-state index in [1.165, 1.54) is 6.92 Å². The Bertz CT molecular complexity index is 744. The Morgan fingerprint density at radius 2 is 2.10 bits per heavy atom. The quantitative estimate of drug-likeness (QED) is 0.221. The van der Waals surface area contributed by atoms with Gasteiger partial charge in [0.15, 0.2) is 0 Å². The molecule has 0 spiro atoms. The van der Waals surface area contributed by atoms with Gasteiger partial charge in [0.2, 0.25) is 0 Å². The van der Waals surface area contributed by atoms with Gasteiger partial charge in [-0.3, -0.25) is 14.4 Å². The highest BCUT2D eigenvalue weighted by atomic mass is 16.6. The molecule has 0 bridgehead atoms. The minimum absolute atomic E-state index is 0.0602. The van der Waals surface area contributed by atoms with Crippen molar-refractivity contribution < 1.29 is 33.4 Å². The number of ether oxygens (including phenoxy) is 3. The van der Waals surface area contributed by atoms with Crippen molar-refractivity contribution in [1.82, 2.24) is 0 Å². The standard InChI is InChI=1S/C22H28O7/c1-13(2)8-20(25)28-18-9-16(11-23)6-5-7-17(12-27-15(4)24)10-19-21(18)14(3)22(26)29-19/h6,10-11,13,18-19,21H,3,5,7-9,12H2,1-2,4H3/b16-6-,17-10-. The Morgan fingerprint density at radius 3 is 2.72 bits per heavy atom. The fourth-order valence-electron chi connectivity index (χ4n) is 3.46. The van der Waals surface area contributed by atoms with E-state index in [0.717, 1.165) is 11.9 Å². The van der Waals surface area contributed by atoms with Crippen LogP contribution in [0, 0.1) is 11.8 Å². The van der Waals surface area contributed by atoms with E-state index in [1.807, 2.05) is 13.8 Å². The first-order chi connectivity index (χ1) is 13.7. The second-order valence-corrected chi connectivity index (χ2v) is 7.79. The fraction of sp³-hybridized carbons (Fsp3) is 0.545. The lowest BCUT2D eigenvalue weighted by atomic mass is 9.85. The monoisotopic (exact) mass is 404 g/mol. The lowest BCUT2D eigenvalue weighted by Crippen LogP contribution is -2.34. The zero-order chi connectivity index (χ0) is 21.6. The maximum atomic E-state index is 12.3. The van der Waals surface area contributed by atoms with Gasteiger partial charge < -0.3 is 14.2 Å². The summed E-state index contributed by atoms with van der Waals surface area (Å²) in [5, 5.41) is 0. The van der Waals surface area contributed by atoms with Gasteiger partial charge in [-0.1, -0.05) is 26.5 Å². The van der Waals surface area contributed by atoms with Crippen molar-refractivity contribution >= 4 is 24.2 Å². The molecule has 7 nitrogen and oxygen atoms in total. The first-order valence-electron chi connectivity index (χ1n) is 9.77. The summed E-state index contributed by atoms with van der Waals surface area (Å²) in [5.41, 5.74) is 1.44. The van der Waals surface area contributed by atoms with E-state index in [9.17, 15) is 19.2 Å². The Hall–Kier alpha value is -2.70. The van der Waals surface area contributed by atoms with Crippen molar-refractivity contribution in [2.45, 2.75) is 58.7 Å². The molecule has 29 heavy (non-hydrogen) atoms. The minimum atomic E-state index is -0.758. The number of carbonyl (C=O) groups excluding carboxylic acids is 4. The van der Waals surface area contributed by atoms with Crippen LogP contribution in [0.2, 0.25) is 0 Å². The molecule has 0 aromatic rings. The molecule has 0 amide bonds. The maximum Gasteiger partial charge on any atom is 0.334 e. The second kappa shape index (κ2) is 10.2. The summed E-state index contributed by atoms with van der Waals surface area (Å²) in [5.74, 6) is -1.89. The predicted octanol–water partition coefficient (Wildman–Crippen LogP) is 2.84. The Kier molecular flexibility index (Phi) is 7.93. The van der Waals surface area contributed by atoms with Crippen molar-refractivity contribution in [3.8, 4) is 0 Å². The zero-order valence-electron chi connectivity index (χ0n) is 17.1. The average Bonchev–Trinajstić information content (AvgIpc) is 2.90. The summed E-state index contributed by atoms with van der Waals surface area (Å²) < 4.78 is 16.2. The molecule has 2 aliphatic rings. The largest absolute Gasteiger partial charge is 0.461 e. The van der Waals surface area contributed by atoms with E-state index >= 15 is 0 Å². The van der Waals surface area contributed by atoms with Crippen LogP contribution in [0.25, 0.3) is 0 Å². The number of carbonyl (C=O) groups is 4. The van der Waals surface area contributed by atoms with Gasteiger partial charge in [-0.15, -0.1) is 0 Å². The van der Waals surface area contributed by atoms with Crippen LogP contribution in [0.5, 0.6) is 0 Å². The van der Waals surface area contributed by atoms with Crippen LogP contribution in [-0.2, 0) is 33.4 Å². The van der Waals surface area contributed by atoms with Gasteiger partial charge in [0.1, 0.15) is 25.1 Å². The highest BCUT2D eigenvalue weighted by Gasteiger charge is 2.44. The zero-order valence-corrected chi connectivity index (χ0v) is 17.1. The summed E-state index contributed by atoms with van der Waals surface area (Å²) in [4.78, 5) is 47.3. The molecule has 7 heteroatoms. The fourth-order valence-corrected chi connectivity index (χ4v) is 3.46. The van der Waals surface area contributed by atoms with Gasteiger partial charge in [0.05, 0.1) is 5.92 Å². The smallest absolute Gasteiger partial charge is 0.334 e. The molecule has 0 saturated carbocycles. The minimum Gasteiger partial charge on any atom is -0.461 e. The van der Waals surface area contributed by atoms with Crippen LogP contribution < -0.4 is 0 Å². The third-order valence-corrected chi connectivity index (χ3v) is 4.84. The molecule has 1 fully saturated rings. The van der Waals surface area contributed by atoms with Crippen LogP contribution >= 0.6 is 0 Å². The highest BCUT2D eigenvalue weighted by Crippen LogP contribution is 2.36. The van der Waals surface area contributed by atoms with Crippen LogP contribution in [0.1, 0.15) is 46.5 Å². The lowest BCUT2D eigenvalue weighted by Gasteiger charge is -2.27. The Labute approximate surface area is 170 Å². The van der Waals surface area contributed by atoms with Crippen molar-refractivity contribution in [3.05, 3.63) is 35.5 Å². The highest BCUT2D eigenvalue weighted by molar-refractivity contribution is 5.91. The van der Waals surface area contributed by atoms with Crippen molar-refractivity contribution in [3.63, 3.8) is 0 Å². The number of fused-ring (bicyclic) bond motifs is 1. The number of allylic oxidation sites excluding steroid dienone is 1. The van der Waals surface area contributed by atoms with E-state index < -0.39 is 36.0 Å². The third-order valence-electron chi connectivity index (χ3n) is 4.84. The third kappa shape index (κ3) is 6.41. The molecule has 0 N–H and O–H groups in total. The number of hydrogen-bond acceptors (Lipinski definition) is 7. The molecule has 2 rings (SSSR count). The van der Waals surface area contributed by atoms with Gasteiger partial charge in [0, 0.05) is 25.3 Å². The molecule has 3 atom stereocenters. The lowest BCUT2D eigenvalue weighted by molar-refractivity contribution is -0.153. The normalized spacial score (nSPS) is 28.3. The molecular weight excluding hydrogens is 376 g/mol. The van der Waals surface area contributed by atoms with E-state index in [2.05, 4.69) is 6.58 Å². The maximum absolute atomic E-state index is 12.3. The number of hydrogen-bond donors (Lipinski definition) is 0. The number of aldehydes is 1. The Balaban J connectivity index is 2.38. The summed E-state index contributed by atoms with van der Waals surface area (Å²) >= 11 is 0. The van der Waals surface area contributed by atoms with Crippen LogP contribution in [0.15, 0.2) is 35.5 Å². The molecule has 1 aliphatic carbocycles. The molecule has 0 radical (unpaired) electrons. The molecular formula is C22H28O7. The SMILES string of the molecule is C=C1C(=O)OC2/C=C(\COC(C)=O)CC/C=C(\C=O)CC(OC(=O)CC(C)C)C12. The van der Waals surface area contributed by atoms with E-state index in [0.29, 0.717) is 18.4 Å². The van der Waals surface area contributed by atoms with Crippen molar-refractivity contribution in [1.29, 1.82) is 0 Å². The van der Waals surface area contributed by atoms with Gasteiger partial charge >= 0.3 is 17.9 Å². The molecule has 3 unspecified atom stereocenters. The van der Waals surface area contributed by atoms with Crippen molar-refractivity contribution in [2.24, 2.45) is 11.8 Å². The van der Waals surface area contributed by atoms with Gasteiger partial charge in [-0.05, 0) is 36.0 Å². The average molecular weight is 404 g/mol. The van der Waals surface area contributed by atoms with Crippen molar-refractivity contribution in [2.75, 3.05) is 6.61 Å². The topological polar surface area (TPSA) is 96.0 Å². The predicted molar refractivity (Wildman–Crippen MR) is 105 cm³/mol. The van der Waals surface area contributed by atoms with Gasteiger partial charge in [-0.2, -0.15) is 0 Å². The second-order valence-electron chi connectivity index (χ2n) is 7.79. The summed E-state index contributed by atoms with van der Waals surface area (Å²) in [6.45, 7) is 9.01.